The number of hydrogen-bond donors (Lipinski definition) is 0. The second-order valence-electron chi connectivity index (χ2n) is 3.16. The molecule has 0 unspecified atom stereocenters. The van der Waals surface area contributed by atoms with Gasteiger partial charge >= 0.3 is 0 Å². The number of aromatic nitrogens is 1. The van der Waals surface area contributed by atoms with E-state index in [2.05, 4.69) is 4.98 Å². The van der Waals surface area contributed by atoms with Gasteiger partial charge in [0.15, 0.2) is 0 Å². The second kappa shape index (κ2) is 4.80. The normalized spacial score (nSPS) is 10.1. The minimum atomic E-state index is -0.268. The van der Waals surface area contributed by atoms with Gasteiger partial charge in [-0.3, -0.25) is 4.39 Å². The van der Waals surface area contributed by atoms with Crippen LogP contribution in [-0.2, 0) is 0 Å². The zero-order chi connectivity index (χ0) is 9.68. The quantitative estimate of drug-likeness (QED) is 0.709. The van der Waals surface area contributed by atoms with Crippen LogP contribution in [0.1, 0.15) is 12.0 Å². The molecule has 1 aromatic rings. The van der Waals surface area contributed by atoms with Crippen molar-refractivity contribution in [3.8, 4) is 0 Å². The number of nitrogens with zero attached hydrogens (tertiary/aromatic N) is 2. The topological polar surface area (TPSA) is 16.1 Å². The molecule has 0 N–H and O–H groups in total. The molecule has 0 aliphatic heterocycles. The molecular formula is C10H15FN2. The molecule has 2 nitrogen and oxygen atoms in total. The molecule has 13 heavy (non-hydrogen) atoms. The molecule has 72 valence electrons. The third-order valence-corrected chi connectivity index (χ3v) is 1.91. The number of pyridine rings is 1. The van der Waals surface area contributed by atoms with Gasteiger partial charge in [0.2, 0.25) is 0 Å². The molecule has 0 bridgehead atoms. The highest BCUT2D eigenvalue weighted by molar-refractivity contribution is 5.37. The van der Waals surface area contributed by atoms with Crippen LogP contribution >= 0.6 is 0 Å². The first kappa shape index (κ1) is 9.96. The van der Waals surface area contributed by atoms with E-state index in [9.17, 15) is 4.39 Å². The van der Waals surface area contributed by atoms with Crippen LogP contribution in [0.3, 0.4) is 0 Å². The van der Waals surface area contributed by atoms with Crippen molar-refractivity contribution in [1.29, 1.82) is 0 Å². The maximum absolute atomic E-state index is 11.9. The molecule has 0 saturated heterocycles. The number of rotatable bonds is 4. The Labute approximate surface area is 78.4 Å². The number of anilines is 1. The van der Waals surface area contributed by atoms with E-state index in [1.807, 2.05) is 37.2 Å². The zero-order valence-corrected chi connectivity index (χ0v) is 8.13. The van der Waals surface area contributed by atoms with Crippen molar-refractivity contribution in [1.82, 2.24) is 4.98 Å². The molecule has 0 atom stereocenters. The van der Waals surface area contributed by atoms with Gasteiger partial charge in [0.1, 0.15) is 5.82 Å². The summed E-state index contributed by atoms with van der Waals surface area (Å²) >= 11 is 0. The van der Waals surface area contributed by atoms with Crippen LogP contribution in [0.5, 0.6) is 0 Å². The first-order valence-electron chi connectivity index (χ1n) is 4.44. The minimum Gasteiger partial charge on any atom is -0.360 e. The monoisotopic (exact) mass is 182 g/mol. The van der Waals surface area contributed by atoms with Crippen LogP contribution in [0.4, 0.5) is 10.2 Å². The van der Waals surface area contributed by atoms with Crippen molar-refractivity contribution >= 4 is 5.82 Å². The first-order valence-corrected chi connectivity index (χ1v) is 4.44. The van der Waals surface area contributed by atoms with Gasteiger partial charge in [0.25, 0.3) is 0 Å². The highest BCUT2D eigenvalue weighted by Gasteiger charge is 2.00. The van der Waals surface area contributed by atoms with Crippen molar-refractivity contribution in [2.75, 3.05) is 25.2 Å². The molecule has 0 aromatic carbocycles. The van der Waals surface area contributed by atoms with Crippen LogP contribution in [0.2, 0.25) is 0 Å². The van der Waals surface area contributed by atoms with Gasteiger partial charge in [-0.05, 0) is 25.0 Å². The highest BCUT2D eigenvalue weighted by Crippen LogP contribution is 2.08. The van der Waals surface area contributed by atoms with Crippen molar-refractivity contribution < 1.29 is 4.39 Å². The van der Waals surface area contributed by atoms with E-state index in [-0.39, 0.29) is 6.67 Å². The Balaban J connectivity index is 2.55. The van der Waals surface area contributed by atoms with Gasteiger partial charge in [-0.2, -0.15) is 0 Å². The lowest BCUT2D eigenvalue weighted by Crippen LogP contribution is -2.19. The molecule has 0 spiro atoms. The Hall–Kier alpha value is -1.12. The third kappa shape index (κ3) is 3.01. The smallest absolute Gasteiger partial charge is 0.128 e. The lowest BCUT2D eigenvalue weighted by atomic mass is 10.3. The Morgan fingerprint density at radius 3 is 2.77 bits per heavy atom. The summed E-state index contributed by atoms with van der Waals surface area (Å²) in [5.74, 6) is 0.902. The molecule has 1 rings (SSSR count). The van der Waals surface area contributed by atoms with Crippen LogP contribution in [-0.4, -0.2) is 25.3 Å². The molecule has 3 heteroatoms. The number of alkyl halides is 1. The standard InChI is InChI=1S/C10H15FN2/c1-9-4-5-10(12-8-9)13(2)7-3-6-11/h4-5,8H,3,6-7H2,1-2H3. The SMILES string of the molecule is Cc1ccc(N(C)CCCF)nc1. The fourth-order valence-corrected chi connectivity index (χ4v) is 1.10. The molecule has 0 saturated carbocycles. The van der Waals surface area contributed by atoms with Crippen molar-refractivity contribution in [2.45, 2.75) is 13.3 Å². The summed E-state index contributed by atoms with van der Waals surface area (Å²) in [5, 5.41) is 0. The molecule has 0 aliphatic carbocycles. The van der Waals surface area contributed by atoms with Crippen LogP contribution in [0, 0.1) is 6.92 Å². The fourth-order valence-electron chi connectivity index (χ4n) is 1.10. The van der Waals surface area contributed by atoms with E-state index in [0.29, 0.717) is 13.0 Å². The van der Waals surface area contributed by atoms with Crippen LogP contribution < -0.4 is 4.90 Å². The average Bonchev–Trinajstić information content (AvgIpc) is 2.15. The van der Waals surface area contributed by atoms with E-state index in [1.54, 1.807) is 0 Å². The Bertz CT molecular complexity index is 246. The van der Waals surface area contributed by atoms with E-state index in [1.165, 1.54) is 0 Å². The van der Waals surface area contributed by atoms with Gasteiger partial charge in [-0.25, -0.2) is 4.98 Å². The lowest BCUT2D eigenvalue weighted by molar-refractivity contribution is 0.474. The number of halogens is 1. The maximum Gasteiger partial charge on any atom is 0.128 e. The van der Waals surface area contributed by atoms with Crippen LogP contribution in [0.25, 0.3) is 0 Å². The minimum absolute atomic E-state index is 0.268. The molecule has 0 fully saturated rings. The van der Waals surface area contributed by atoms with Crippen LogP contribution in [0.15, 0.2) is 18.3 Å². The number of aryl methyl sites for hydroxylation is 1. The predicted octanol–water partition coefficient (Wildman–Crippen LogP) is 2.19. The summed E-state index contributed by atoms with van der Waals surface area (Å²) in [6.07, 6.45) is 2.38. The second-order valence-corrected chi connectivity index (χ2v) is 3.16. The number of hydrogen-bond acceptors (Lipinski definition) is 2. The van der Waals surface area contributed by atoms with E-state index >= 15 is 0 Å². The molecular weight excluding hydrogens is 167 g/mol. The molecule has 1 aromatic heterocycles. The molecule has 0 amide bonds. The maximum atomic E-state index is 11.9. The summed E-state index contributed by atoms with van der Waals surface area (Å²) < 4.78 is 11.9. The Morgan fingerprint density at radius 1 is 1.46 bits per heavy atom. The predicted molar refractivity (Wildman–Crippen MR) is 52.8 cm³/mol. The van der Waals surface area contributed by atoms with Crippen molar-refractivity contribution in [3.63, 3.8) is 0 Å². The summed E-state index contributed by atoms with van der Waals surface area (Å²) in [6.45, 7) is 2.45. The lowest BCUT2D eigenvalue weighted by Gasteiger charge is -2.16. The average molecular weight is 182 g/mol. The Morgan fingerprint density at radius 2 is 2.23 bits per heavy atom. The van der Waals surface area contributed by atoms with E-state index < -0.39 is 0 Å². The van der Waals surface area contributed by atoms with Crippen molar-refractivity contribution in [2.24, 2.45) is 0 Å². The highest BCUT2D eigenvalue weighted by atomic mass is 19.1. The largest absolute Gasteiger partial charge is 0.360 e. The summed E-state index contributed by atoms with van der Waals surface area (Å²) in [4.78, 5) is 6.19. The molecule has 0 aliphatic rings. The van der Waals surface area contributed by atoms with E-state index in [4.69, 9.17) is 0 Å². The molecule has 0 radical (unpaired) electrons. The summed E-state index contributed by atoms with van der Waals surface area (Å²) in [6, 6.07) is 3.96. The van der Waals surface area contributed by atoms with Gasteiger partial charge in [0, 0.05) is 19.8 Å². The van der Waals surface area contributed by atoms with Gasteiger partial charge in [0.05, 0.1) is 6.67 Å². The van der Waals surface area contributed by atoms with E-state index in [0.717, 1.165) is 11.4 Å². The summed E-state index contributed by atoms with van der Waals surface area (Å²) in [7, 11) is 1.92. The zero-order valence-electron chi connectivity index (χ0n) is 8.13. The Kier molecular flexibility index (Phi) is 3.68. The fraction of sp³-hybridized carbons (Fsp3) is 0.500. The van der Waals surface area contributed by atoms with Gasteiger partial charge in [-0.15, -0.1) is 0 Å². The summed E-state index contributed by atoms with van der Waals surface area (Å²) in [5.41, 5.74) is 1.14. The first-order chi connectivity index (χ1) is 6.24. The van der Waals surface area contributed by atoms with Gasteiger partial charge in [-0.1, -0.05) is 6.07 Å². The van der Waals surface area contributed by atoms with Gasteiger partial charge < -0.3 is 4.90 Å². The third-order valence-electron chi connectivity index (χ3n) is 1.91. The molecule has 1 heterocycles. The van der Waals surface area contributed by atoms with Crippen molar-refractivity contribution in [3.05, 3.63) is 23.9 Å².